The van der Waals surface area contributed by atoms with Crippen LogP contribution in [0.25, 0.3) is 16.9 Å². The lowest BCUT2D eigenvalue weighted by Gasteiger charge is -2.28. The number of hydrogen-bond acceptors (Lipinski definition) is 5. The molecule has 4 rings (SSSR count). The third-order valence-corrected chi connectivity index (χ3v) is 5.10. The van der Waals surface area contributed by atoms with Crippen LogP contribution in [0.5, 0.6) is 0 Å². The minimum Gasteiger partial charge on any atom is -0.367 e. The third kappa shape index (κ3) is 3.77. The molecule has 0 atom stereocenters. The first-order chi connectivity index (χ1) is 13.2. The van der Waals surface area contributed by atoms with Gasteiger partial charge in [0.15, 0.2) is 5.82 Å². The fraction of sp³-hybridized carbons (Fsp3) is 0.400. The molecule has 2 aromatic heterocycles. The molecule has 27 heavy (non-hydrogen) atoms. The molecule has 1 aromatic carbocycles. The summed E-state index contributed by atoms with van der Waals surface area (Å²) in [6.45, 7) is 2.66. The fourth-order valence-electron chi connectivity index (χ4n) is 3.69. The maximum atomic E-state index is 12.0. The van der Waals surface area contributed by atoms with Gasteiger partial charge >= 0.3 is 0 Å². The number of amides is 1. The summed E-state index contributed by atoms with van der Waals surface area (Å²) in [5.41, 5.74) is 1.78. The van der Waals surface area contributed by atoms with Crippen LogP contribution in [0.4, 0.5) is 5.82 Å². The summed E-state index contributed by atoms with van der Waals surface area (Å²) in [6, 6.07) is 14.1. The van der Waals surface area contributed by atoms with Crippen LogP contribution in [-0.4, -0.2) is 38.5 Å². The smallest absolute Gasteiger partial charge is 0.223 e. The molecule has 0 saturated heterocycles. The highest BCUT2D eigenvalue weighted by atomic mass is 16.1. The molecule has 1 saturated carbocycles. The Morgan fingerprint density at radius 2 is 1.93 bits per heavy atom. The Kier molecular flexibility index (Phi) is 5.00. The maximum absolute atomic E-state index is 12.0. The molecule has 0 spiro atoms. The third-order valence-electron chi connectivity index (χ3n) is 5.10. The number of rotatable bonds is 5. The topological polar surface area (TPSA) is 84.7 Å². The number of aromatic nitrogens is 4. The summed E-state index contributed by atoms with van der Waals surface area (Å²) in [5.74, 6) is 1.90. The molecule has 7 nitrogen and oxygen atoms in total. The number of fused-ring (bicyclic) bond motifs is 1. The largest absolute Gasteiger partial charge is 0.367 e. The molecule has 2 N–H and O–H groups in total. The van der Waals surface area contributed by atoms with Crippen LogP contribution in [0.1, 0.15) is 32.6 Å². The average Bonchev–Trinajstić information content (AvgIpc) is 3.13. The van der Waals surface area contributed by atoms with Gasteiger partial charge in [-0.15, -0.1) is 5.10 Å². The van der Waals surface area contributed by atoms with Crippen LogP contribution >= 0.6 is 0 Å². The van der Waals surface area contributed by atoms with E-state index in [0.717, 1.165) is 48.4 Å². The molecule has 0 bridgehead atoms. The highest BCUT2D eigenvalue weighted by molar-refractivity contribution is 5.78. The number of hydrogen-bond donors (Lipinski definition) is 2. The van der Waals surface area contributed by atoms with Crippen molar-refractivity contribution in [3.8, 4) is 5.82 Å². The van der Waals surface area contributed by atoms with Gasteiger partial charge in [-0.25, -0.2) is 4.98 Å². The van der Waals surface area contributed by atoms with Gasteiger partial charge in [-0.2, -0.15) is 4.68 Å². The quantitative estimate of drug-likeness (QED) is 0.727. The zero-order chi connectivity index (χ0) is 18.6. The maximum Gasteiger partial charge on any atom is 0.223 e. The van der Waals surface area contributed by atoms with Gasteiger partial charge in [0.05, 0.1) is 5.52 Å². The van der Waals surface area contributed by atoms with Gasteiger partial charge in [0.1, 0.15) is 11.3 Å². The van der Waals surface area contributed by atoms with Gasteiger partial charge in [0.25, 0.3) is 0 Å². The summed E-state index contributed by atoms with van der Waals surface area (Å²) in [4.78, 5) is 16.7. The summed E-state index contributed by atoms with van der Waals surface area (Å²) in [7, 11) is 0. The number of nitrogens with one attached hydrogen (secondary N) is 2. The molecule has 3 aromatic rings. The average molecular weight is 364 g/mol. The lowest BCUT2D eigenvalue weighted by molar-refractivity contribution is -0.125. The number of carbonyl (C=O) groups is 1. The van der Waals surface area contributed by atoms with Crippen molar-refractivity contribution >= 4 is 22.8 Å². The molecule has 0 aliphatic heterocycles. The summed E-state index contributed by atoms with van der Waals surface area (Å²) < 4.78 is 1.76. The Bertz CT molecular complexity index is 929. The number of nitrogens with zero attached hydrogens (tertiary/aromatic N) is 4. The van der Waals surface area contributed by atoms with Crippen LogP contribution in [0.2, 0.25) is 0 Å². The molecule has 140 valence electrons. The summed E-state index contributed by atoms with van der Waals surface area (Å²) >= 11 is 0. The van der Waals surface area contributed by atoms with Crippen LogP contribution in [0.3, 0.4) is 0 Å². The summed E-state index contributed by atoms with van der Waals surface area (Å²) in [5, 5.41) is 14.9. The lowest BCUT2D eigenvalue weighted by atomic mass is 9.85. The van der Waals surface area contributed by atoms with Crippen molar-refractivity contribution in [3.05, 3.63) is 42.5 Å². The molecular weight excluding hydrogens is 340 g/mol. The van der Waals surface area contributed by atoms with Crippen LogP contribution in [0.15, 0.2) is 42.5 Å². The Balaban J connectivity index is 1.44. The van der Waals surface area contributed by atoms with E-state index in [1.165, 1.54) is 0 Å². The highest BCUT2D eigenvalue weighted by Gasteiger charge is 2.26. The molecule has 7 heteroatoms. The highest BCUT2D eigenvalue weighted by Crippen LogP contribution is 2.26. The van der Waals surface area contributed by atoms with Crippen molar-refractivity contribution in [3.63, 3.8) is 0 Å². The molecular formula is C20H24N6O. The van der Waals surface area contributed by atoms with E-state index in [2.05, 4.69) is 20.9 Å². The minimum atomic E-state index is 0.142. The van der Waals surface area contributed by atoms with Gasteiger partial charge in [0, 0.05) is 18.5 Å². The fourth-order valence-corrected chi connectivity index (χ4v) is 3.69. The van der Waals surface area contributed by atoms with E-state index in [1.54, 1.807) is 4.68 Å². The van der Waals surface area contributed by atoms with Crippen molar-refractivity contribution in [1.29, 1.82) is 0 Å². The second-order valence-electron chi connectivity index (χ2n) is 6.96. The zero-order valence-electron chi connectivity index (χ0n) is 15.4. The van der Waals surface area contributed by atoms with Crippen molar-refractivity contribution < 1.29 is 4.79 Å². The minimum absolute atomic E-state index is 0.142. The Hall–Kier alpha value is -2.96. The molecule has 0 unspecified atom stereocenters. The molecule has 2 heterocycles. The SMILES string of the molecule is CCNC(=O)C1CCC(Nc2cccc(-n3nnc4ccccc43)n2)CC1. The first-order valence-corrected chi connectivity index (χ1v) is 9.56. The first kappa shape index (κ1) is 17.5. The molecule has 1 aliphatic rings. The van der Waals surface area contributed by atoms with E-state index < -0.39 is 0 Å². The second-order valence-corrected chi connectivity index (χ2v) is 6.96. The van der Waals surface area contributed by atoms with Gasteiger partial charge in [0.2, 0.25) is 5.91 Å². The van der Waals surface area contributed by atoms with Gasteiger partial charge in [-0.1, -0.05) is 23.4 Å². The van der Waals surface area contributed by atoms with Gasteiger partial charge < -0.3 is 10.6 Å². The van der Waals surface area contributed by atoms with E-state index in [-0.39, 0.29) is 11.8 Å². The predicted octanol–water partition coefficient (Wildman–Crippen LogP) is 2.92. The first-order valence-electron chi connectivity index (χ1n) is 9.56. The molecule has 1 aliphatic carbocycles. The molecule has 1 fully saturated rings. The number of benzene rings is 1. The van der Waals surface area contributed by atoms with E-state index >= 15 is 0 Å². The number of para-hydroxylation sites is 1. The summed E-state index contributed by atoms with van der Waals surface area (Å²) in [6.07, 6.45) is 3.77. The Labute approximate surface area is 158 Å². The monoisotopic (exact) mass is 364 g/mol. The standard InChI is InChI=1S/C20H24N6O/c1-2-21-20(27)14-10-12-15(13-11-14)22-18-8-5-9-19(23-18)26-17-7-4-3-6-16(17)24-25-26/h3-9,14-15H,2,10-13H2,1H3,(H,21,27)(H,22,23). The molecule has 0 radical (unpaired) electrons. The van der Waals surface area contributed by atoms with Crippen LogP contribution in [0, 0.1) is 5.92 Å². The van der Waals surface area contributed by atoms with E-state index in [0.29, 0.717) is 12.6 Å². The Morgan fingerprint density at radius 3 is 2.74 bits per heavy atom. The Morgan fingerprint density at radius 1 is 1.11 bits per heavy atom. The zero-order valence-corrected chi connectivity index (χ0v) is 15.4. The number of carbonyl (C=O) groups excluding carboxylic acids is 1. The lowest BCUT2D eigenvalue weighted by Crippen LogP contribution is -2.35. The van der Waals surface area contributed by atoms with Crippen molar-refractivity contribution in [2.24, 2.45) is 5.92 Å². The molecule has 1 amide bonds. The van der Waals surface area contributed by atoms with Crippen molar-refractivity contribution in [2.45, 2.75) is 38.6 Å². The van der Waals surface area contributed by atoms with Crippen molar-refractivity contribution in [1.82, 2.24) is 25.3 Å². The van der Waals surface area contributed by atoms with E-state index in [9.17, 15) is 4.79 Å². The van der Waals surface area contributed by atoms with Gasteiger partial charge in [-0.3, -0.25) is 4.79 Å². The second kappa shape index (κ2) is 7.73. The predicted molar refractivity (Wildman–Crippen MR) is 105 cm³/mol. The van der Waals surface area contributed by atoms with Crippen molar-refractivity contribution in [2.75, 3.05) is 11.9 Å². The van der Waals surface area contributed by atoms with Gasteiger partial charge in [-0.05, 0) is 56.9 Å². The van der Waals surface area contributed by atoms with Crippen LogP contribution in [-0.2, 0) is 4.79 Å². The normalized spacial score (nSPS) is 19.7. The number of anilines is 1. The van der Waals surface area contributed by atoms with E-state index in [4.69, 9.17) is 4.98 Å². The van der Waals surface area contributed by atoms with Crippen LogP contribution < -0.4 is 10.6 Å². The number of pyridine rings is 1. The van der Waals surface area contributed by atoms with E-state index in [1.807, 2.05) is 49.4 Å².